The highest BCUT2D eigenvalue weighted by Crippen LogP contribution is 2.10. The minimum atomic E-state index is -0.673. The molecule has 0 aromatic heterocycles. The molecule has 0 heterocycles. The molecule has 2 amide bonds. The Hall–Kier alpha value is -1.56. The molecule has 0 saturated carbocycles. The van der Waals surface area contributed by atoms with Crippen LogP contribution in [0.3, 0.4) is 0 Å². The van der Waals surface area contributed by atoms with Crippen LogP contribution in [0.5, 0.6) is 0 Å². The summed E-state index contributed by atoms with van der Waals surface area (Å²) in [5.74, 6) is -0.673. The van der Waals surface area contributed by atoms with Gasteiger partial charge in [-0.2, -0.15) is 0 Å². The van der Waals surface area contributed by atoms with Crippen LogP contribution in [-0.2, 0) is 16.0 Å². The average molecular weight is 301 g/mol. The zero-order valence-corrected chi connectivity index (χ0v) is 10.7. The lowest BCUT2D eigenvalue weighted by Crippen LogP contribution is -2.30. The lowest BCUT2D eigenvalue weighted by Gasteiger charge is -2.05. The van der Waals surface area contributed by atoms with E-state index in [4.69, 9.17) is 5.73 Å². The van der Waals surface area contributed by atoms with Crippen molar-refractivity contribution in [3.8, 4) is 0 Å². The maximum atomic E-state index is 11.0. The van der Waals surface area contributed by atoms with Crippen LogP contribution in [0.1, 0.15) is 5.56 Å². The highest BCUT2D eigenvalue weighted by Gasteiger charge is 2.03. The molecule has 1 aromatic rings. The fourth-order valence-electron chi connectivity index (χ4n) is 1.15. The first-order valence-corrected chi connectivity index (χ1v) is 5.80. The van der Waals surface area contributed by atoms with Gasteiger partial charge in [-0.05, 0) is 24.1 Å². The van der Waals surface area contributed by atoms with E-state index in [9.17, 15) is 9.59 Å². The van der Waals surface area contributed by atoms with Gasteiger partial charge in [-0.15, -0.1) is 0 Å². The van der Waals surface area contributed by atoms with Gasteiger partial charge < -0.3 is 15.8 Å². The molecule has 0 saturated heterocycles. The number of hydrogen-bond donors (Lipinski definition) is 2. The quantitative estimate of drug-likeness (QED) is 0.857. The van der Waals surface area contributed by atoms with Crippen molar-refractivity contribution in [2.45, 2.75) is 6.42 Å². The van der Waals surface area contributed by atoms with Gasteiger partial charge in [0.1, 0.15) is 0 Å². The molecule has 0 unspecified atom stereocenters. The van der Waals surface area contributed by atoms with Crippen LogP contribution in [0.25, 0.3) is 0 Å². The first-order chi connectivity index (χ1) is 8.08. The first-order valence-electron chi connectivity index (χ1n) is 5.01. The number of carbonyl (C=O) groups excluding carboxylic acids is 2. The van der Waals surface area contributed by atoms with Crippen molar-refractivity contribution in [3.63, 3.8) is 0 Å². The van der Waals surface area contributed by atoms with Crippen LogP contribution < -0.4 is 11.1 Å². The van der Waals surface area contributed by atoms with E-state index in [1.54, 1.807) is 0 Å². The topological polar surface area (TPSA) is 81.4 Å². The summed E-state index contributed by atoms with van der Waals surface area (Å²) in [6.07, 6.45) is 0.0554. The molecule has 0 aliphatic carbocycles. The summed E-state index contributed by atoms with van der Waals surface area (Å²) in [6, 6.07) is 7.78. The second kappa shape index (κ2) is 6.90. The van der Waals surface area contributed by atoms with Crippen LogP contribution in [-0.4, -0.2) is 25.2 Å². The first kappa shape index (κ1) is 13.5. The number of nitrogens with two attached hydrogens (primary N) is 1. The second-order valence-corrected chi connectivity index (χ2v) is 4.26. The summed E-state index contributed by atoms with van der Waals surface area (Å²) in [5, 5.41) is 2.52. The van der Waals surface area contributed by atoms with Gasteiger partial charge in [-0.25, -0.2) is 4.79 Å². The Bertz CT molecular complexity index is 392. The molecule has 0 fully saturated rings. The van der Waals surface area contributed by atoms with E-state index < -0.39 is 18.6 Å². The van der Waals surface area contributed by atoms with E-state index in [-0.39, 0.29) is 0 Å². The van der Waals surface area contributed by atoms with Crippen molar-refractivity contribution >= 4 is 27.9 Å². The van der Waals surface area contributed by atoms with Gasteiger partial charge in [0.2, 0.25) is 0 Å². The summed E-state index contributed by atoms with van der Waals surface area (Å²) >= 11 is 3.34. The van der Waals surface area contributed by atoms with Gasteiger partial charge >= 0.3 is 6.09 Å². The molecule has 5 nitrogen and oxygen atoms in total. The molecule has 6 heteroatoms. The molecule has 92 valence electrons. The zero-order chi connectivity index (χ0) is 12.7. The largest absolute Gasteiger partial charge is 0.439 e. The Labute approximate surface area is 107 Å². The molecule has 3 N–H and O–H groups in total. The molecule has 0 bridgehead atoms. The van der Waals surface area contributed by atoms with Crippen molar-refractivity contribution in [3.05, 3.63) is 34.3 Å². The van der Waals surface area contributed by atoms with Crippen molar-refractivity contribution in [1.29, 1.82) is 0 Å². The number of ether oxygens (including phenoxy) is 1. The molecule has 1 aromatic carbocycles. The monoisotopic (exact) mass is 300 g/mol. The number of benzene rings is 1. The smallest absolute Gasteiger partial charge is 0.407 e. The van der Waals surface area contributed by atoms with E-state index >= 15 is 0 Å². The Morgan fingerprint density at radius 1 is 1.29 bits per heavy atom. The highest BCUT2D eigenvalue weighted by atomic mass is 79.9. The predicted octanol–water partition coefficient (Wildman–Crippen LogP) is 1.20. The minimum Gasteiger partial charge on any atom is -0.439 e. The summed E-state index contributed by atoms with van der Waals surface area (Å²) in [4.78, 5) is 21.4. The molecule has 0 radical (unpaired) electrons. The van der Waals surface area contributed by atoms with E-state index in [0.717, 1.165) is 10.0 Å². The third-order valence-corrected chi connectivity index (χ3v) is 2.47. The average Bonchev–Trinajstić information content (AvgIpc) is 2.29. The number of halogens is 1. The predicted molar refractivity (Wildman–Crippen MR) is 66.4 cm³/mol. The van der Waals surface area contributed by atoms with Crippen molar-refractivity contribution < 1.29 is 14.3 Å². The van der Waals surface area contributed by atoms with Gasteiger partial charge in [-0.1, -0.05) is 28.1 Å². The van der Waals surface area contributed by atoms with Crippen LogP contribution in [0.4, 0.5) is 4.79 Å². The summed E-state index contributed by atoms with van der Waals surface area (Å²) in [6.45, 7) is 0.0450. The fourth-order valence-corrected chi connectivity index (χ4v) is 1.41. The van der Waals surface area contributed by atoms with Crippen LogP contribution in [0, 0.1) is 0 Å². The van der Waals surface area contributed by atoms with Crippen molar-refractivity contribution in [1.82, 2.24) is 5.32 Å². The molecule has 0 atom stereocenters. The van der Waals surface area contributed by atoms with E-state index in [2.05, 4.69) is 26.0 Å². The van der Waals surface area contributed by atoms with Gasteiger partial charge in [0, 0.05) is 11.0 Å². The standard InChI is InChI=1S/C11H13BrN2O3/c12-9-3-1-8(2-4-9)5-6-14-11(16)17-7-10(13)15/h1-4H,5-7H2,(H2,13,15)(H,14,16). The molecule has 0 spiro atoms. The van der Waals surface area contributed by atoms with Crippen molar-refractivity contribution in [2.75, 3.05) is 13.2 Å². The van der Waals surface area contributed by atoms with Crippen LogP contribution in [0.15, 0.2) is 28.7 Å². The number of alkyl carbamates (subject to hydrolysis) is 1. The number of nitrogens with one attached hydrogen (secondary N) is 1. The number of carbonyl (C=O) groups is 2. The maximum absolute atomic E-state index is 11.0. The fraction of sp³-hybridized carbons (Fsp3) is 0.273. The summed E-state index contributed by atoms with van der Waals surface area (Å²) in [5.41, 5.74) is 5.93. The van der Waals surface area contributed by atoms with Crippen LogP contribution in [0.2, 0.25) is 0 Å². The second-order valence-electron chi connectivity index (χ2n) is 3.35. The SMILES string of the molecule is NC(=O)COC(=O)NCCc1ccc(Br)cc1. The molecular formula is C11H13BrN2O3. The molecule has 0 aliphatic heterocycles. The van der Waals surface area contributed by atoms with E-state index in [1.165, 1.54) is 0 Å². The van der Waals surface area contributed by atoms with E-state index in [1.807, 2.05) is 24.3 Å². The lowest BCUT2D eigenvalue weighted by atomic mass is 10.1. The van der Waals surface area contributed by atoms with Crippen molar-refractivity contribution in [2.24, 2.45) is 5.73 Å². The number of hydrogen-bond acceptors (Lipinski definition) is 3. The number of amides is 2. The van der Waals surface area contributed by atoms with Gasteiger partial charge in [0.05, 0.1) is 0 Å². The lowest BCUT2D eigenvalue weighted by molar-refractivity contribution is -0.120. The summed E-state index contributed by atoms with van der Waals surface area (Å²) < 4.78 is 5.54. The Kier molecular flexibility index (Phi) is 5.48. The van der Waals surface area contributed by atoms with E-state index in [0.29, 0.717) is 13.0 Å². The molecule has 17 heavy (non-hydrogen) atoms. The highest BCUT2D eigenvalue weighted by molar-refractivity contribution is 9.10. The molecule has 0 aliphatic rings. The minimum absolute atomic E-state index is 0.399. The third-order valence-electron chi connectivity index (χ3n) is 1.94. The Balaban J connectivity index is 2.21. The Morgan fingerprint density at radius 2 is 1.94 bits per heavy atom. The normalized spacial score (nSPS) is 9.71. The van der Waals surface area contributed by atoms with Crippen LogP contribution >= 0.6 is 15.9 Å². The third kappa shape index (κ3) is 5.91. The number of primary amides is 1. The summed E-state index contributed by atoms with van der Waals surface area (Å²) in [7, 11) is 0. The molecular weight excluding hydrogens is 288 g/mol. The number of rotatable bonds is 5. The van der Waals surface area contributed by atoms with Gasteiger partial charge in [-0.3, -0.25) is 4.79 Å². The zero-order valence-electron chi connectivity index (χ0n) is 9.11. The van der Waals surface area contributed by atoms with Gasteiger partial charge in [0.15, 0.2) is 6.61 Å². The maximum Gasteiger partial charge on any atom is 0.407 e. The Morgan fingerprint density at radius 3 is 2.53 bits per heavy atom. The van der Waals surface area contributed by atoms with Gasteiger partial charge in [0.25, 0.3) is 5.91 Å². The molecule has 1 rings (SSSR count).